The van der Waals surface area contributed by atoms with Crippen molar-refractivity contribution in [2.45, 2.75) is 13.0 Å². The van der Waals surface area contributed by atoms with Crippen LogP contribution in [0.5, 0.6) is 5.75 Å². The van der Waals surface area contributed by atoms with Gasteiger partial charge in [0.15, 0.2) is 11.4 Å². The van der Waals surface area contributed by atoms with Gasteiger partial charge in [-0.2, -0.15) is 0 Å². The highest BCUT2D eigenvalue weighted by molar-refractivity contribution is 7.07. The molecule has 0 radical (unpaired) electrons. The normalized spacial score (nSPS) is 16.7. The molecule has 10 heteroatoms. The number of hydrogen-bond donors (Lipinski definition) is 0. The fourth-order valence-corrected chi connectivity index (χ4v) is 6.25. The number of aromatic nitrogens is 1. The number of thiazole rings is 1. The van der Waals surface area contributed by atoms with E-state index in [9.17, 15) is 14.4 Å². The van der Waals surface area contributed by atoms with Crippen LogP contribution in [0.4, 0.5) is 0 Å². The lowest BCUT2D eigenvalue weighted by Crippen LogP contribution is -2.42. The van der Waals surface area contributed by atoms with Gasteiger partial charge in [0.1, 0.15) is 5.75 Å². The van der Waals surface area contributed by atoms with E-state index in [1.807, 2.05) is 72.8 Å². The van der Waals surface area contributed by atoms with Crippen molar-refractivity contribution in [3.8, 4) is 5.75 Å². The van der Waals surface area contributed by atoms with Gasteiger partial charge < -0.3 is 19.1 Å². The lowest BCUT2D eigenvalue weighted by molar-refractivity contribution is -0.139. The summed E-state index contributed by atoms with van der Waals surface area (Å²) in [5.74, 6) is -0.0367. The number of amides is 1. The number of fused-ring (bicyclic) bond motifs is 1. The van der Waals surface area contributed by atoms with Gasteiger partial charge in [-0.05, 0) is 36.3 Å². The topological polar surface area (TPSA) is 99.4 Å². The molecule has 224 valence electrons. The van der Waals surface area contributed by atoms with Gasteiger partial charge in [-0.1, -0.05) is 84.1 Å². The van der Waals surface area contributed by atoms with Crippen molar-refractivity contribution in [3.63, 3.8) is 0 Å². The van der Waals surface area contributed by atoms with E-state index in [1.54, 1.807) is 34.6 Å². The first-order valence-electron chi connectivity index (χ1n) is 14.5. The number of carbonyl (C=O) groups excluding carboxylic acids is 2. The second kappa shape index (κ2) is 13.2. The molecule has 2 aliphatic heterocycles. The predicted molar refractivity (Wildman–Crippen MR) is 167 cm³/mol. The van der Waals surface area contributed by atoms with Gasteiger partial charge in [-0.3, -0.25) is 14.2 Å². The van der Waals surface area contributed by atoms with E-state index in [0.29, 0.717) is 52.7 Å². The van der Waals surface area contributed by atoms with Crippen LogP contribution in [-0.4, -0.2) is 60.9 Å². The average Bonchev–Trinajstić information content (AvgIpc) is 3.38. The van der Waals surface area contributed by atoms with Crippen molar-refractivity contribution in [2.75, 3.05) is 39.5 Å². The largest absolute Gasteiger partial charge is 0.484 e. The van der Waals surface area contributed by atoms with Crippen LogP contribution in [0.3, 0.4) is 0 Å². The Hall–Kier alpha value is -4.80. The maximum Gasteiger partial charge on any atom is 0.338 e. The quantitative estimate of drug-likeness (QED) is 0.285. The Labute approximate surface area is 258 Å². The van der Waals surface area contributed by atoms with Gasteiger partial charge in [0.05, 0.1) is 41.7 Å². The van der Waals surface area contributed by atoms with E-state index < -0.39 is 12.0 Å². The molecular weight excluding hydrogens is 578 g/mol. The van der Waals surface area contributed by atoms with Crippen molar-refractivity contribution < 1.29 is 23.8 Å². The highest BCUT2D eigenvalue weighted by atomic mass is 32.1. The van der Waals surface area contributed by atoms with E-state index >= 15 is 0 Å². The minimum absolute atomic E-state index is 0.0516. The van der Waals surface area contributed by atoms with Gasteiger partial charge in [-0.15, -0.1) is 0 Å². The molecule has 0 aliphatic carbocycles. The number of morpholine rings is 1. The van der Waals surface area contributed by atoms with Crippen LogP contribution in [0.15, 0.2) is 100 Å². The summed E-state index contributed by atoms with van der Waals surface area (Å²) in [5.41, 5.74) is 2.87. The Morgan fingerprint density at radius 1 is 0.977 bits per heavy atom. The molecule has 0 unspecified atom stereocenters. The average molecular weight is 610 g/mol. The number of esters is 1. The van der Waals surface area contributed by atoms with Crippen LogP contribution in [0.25, 0.3) is 11.8 Å². The van der Waals surface area contributed by atoms with Crippen LogP contribution in [0.1, 0.15) is 29.7 Å². The number of nitrogens with zero attached hydrogens (tertiary/aromatic N) is 3. The van der Waals surface area contributed by atoms with Gasteiger partial charge in [-0.25, -0.2) is 9.79 Å². The number of hydrogen-bond acceptors (Lipinski definition) is 8. The molecule has 1 atom stereocenters. The third kappa shape index (κ3) is 6.13. The first-order valence-corrected chi connectivity index (χ1v) is 15.3. The van der Waals surface area contributed by atoms with Gasteiger partial charge in [0.2, 0.25) is 0 Å². The molecule has 4 aromatic rings. The van der Waals surface area contributed by atoms with Crippen molar-refractivity contribution >= 4 is 35.0 Å². The van der Waals surface area contributed by atoms with Gasteiger partial charge in [0.25, 0.3) is 11.5 Å². The summed E-state index contributed by atoms with van der Waals surface area (Å²) < 4.78 is 18.6. The van der Waals surface area contributed by atoms with E-state index in [2.05, 4.69) is 0 Å². The molecule has 0 saturated carbocycles. The fourth-order valence-electron chi connectivity index (χ4n) is 5.25. The molecule has 1 amide bonds. The zero-order valence-electron chi connectivity index (χ0n) is 24.2. The van der Waals surface area contributed by atoms with Gasteiger partial charge >= 0.3 is 5.97 Å². The van der Waals surface area contributed by atoms with Gasteiger partial charge in [0, 0.05) is 18.7 Å². The Kier molecular flexibility index (Phi) is 8.81. The van der Waals surface area contributed by atoms with Crippen molar-refractivity contribution in [3.05, 3.63) is 127 Å². The van der Waals surface area contributed by atoms with Crippen molar-refractivity contribution in [1.82, 2.24) is 9.47 Å². The summed E-state index contributed by atoms with van der Waals surface area (Å²) in [6.07, 6.45) is 1.80. The van der Waals surface area contributed by atoms with E-state index in [4.69, 9.17) is 19.2 Å². The van der Waals surface area contributed by atoms with Crippen LogP contribution >= 0.6 is 11.3 Å². The highest BCUT2D eigenvalue weighted by Gasteiger charge is 2.35. The SMILES string of the molecule is CCOC(=O)C1=C(c2ccccc2)N=c2s/c(=C/c3ccc(OCC(=O)N4CCOCC4)cc3)c(=O)n2[C@H]1c1ccccc1. The number of ether oxygens (including phenoxy) is 3. The molecule has 3 heterocycles. The fraction of sp³-hybridized carbons (Fsp3) is 0.235. The number of carbonyl (C=O) groups is 2. The molecule has 0 spiro atoms. The molecule has 1 saturated heterocycles. The summed E-state index contributed by atoms with van der Waals surface area (Å²) in [6.45, 7) is 4.10. The van der Waals surface area contributed by atoms with Crippen molar-refractivity contribution in [1.29, 1.82) is 0 Å². The van der Waals surface area contributed by atoms with E-state index in [-0.39, 0.29) is 24.7 Å². The minimum atomic E-state index is -0.719. The molecule has 0 bridgehead atoms. The number of rotatable bonds is 8. The third-order valence-electron chi connectivity index (χ3n) is 7.39. The monoisotopic (exact) mass is 609 g/mol. The Balaban J connectivity index is 1.37. The molecule has 9 nitrogen and oxygen atoms in total. The number of benzene rings is 3. The zero-order valence-corrected chi connectivity index (χ0v) is 25.0. The van der Waals surface area contributed by atoms with Crippen LogP contribution < -0.4 is 19.6 Å². The molecule has 6 rings (SSSR count). The highest BCUT2D eigenvalue weighted by Crippen LogP contribution is 2.35. The molecule has 44 heavy (non-hydrogen) atoms. The third-order valence-corrected chi connectivity index (χ3v) is 8.38. The standard InChI is InChI=1S/C34H31N3O6S/c1-2-42-33(40)29-30(24-9-5-3-6-10-24)35-34-37(31(29)25-11-7-4-8-12-25)32(39)27(44-34)21-23-13-15-26(16-14-23)43-22-28(38)36-17-19-41-20-18-36/h3-16,21,31H,2,17-20,22H2,1H3/b27-21+/t31-/m0/s1. The molecule has 0 N–H and O–H groups in total. The summed E-state index contributed by atoms with van der Waals surface area (Å²) in [7, 11) is 0. The molecular formula is C34H31N3O6S. The summed E-state index contributed by atoms with van der Waals surface area (Å²) >= 11 is 1.27. The zero-order chi connectivity index (χ0) is 30.5. The van der Waals surface area contributed by atoms with E-state index in [1.165, 1.54) is 11.3 Å². The van der Waals surface area contributed by atoms with Crippen LogP contribution in [0.2, 0.25) is 0 Å². The van der Waals surface area contributed by atoms with Crippen LogP contribution in [0, 0.1) is 0 Å². The summed E-state index contributed by atoms with van der Waals surface area (Å²) in [5, 5.41) is 0. The molecule has 2 aliphatic rings. The molecule has 3 aromatic carbocycles. The van der Waals surface area contributed by atoms with E-state index in [0.717, 1.165) is 16.7 Å². The Bertz CT molecular complexity index is 1860. The second-order valence-corrected chi connectivity index (χ2v) is 11.2. The lowest BCUT2D eigenvalue weighted by Gasteiger charge is -2.26. The summed E-state index contributed by atoms with van der Waals surface area (Å²) in [4.78, 5) is 47.0. The lowest BCUT2D eigenvalue weighted by atomic mass is 9.93. The maximum atomic E-state index is 14.0. The van der Waals surface area contributed by atoms with Crippen molar-refractivity contribution in [2.24, 2.45) is 4.99 Å². The second-order valence-electron chi connectivity index (χ2n) is 10.2. The smallest absolute Gasteiger partial charge is 0.338 e. The predicted octanol–water partition coefficient (Wildman–Crippen LogP) is 3.17. The molecule has 1 fully saturated rings. The Morgan fingerprint density at radius 2 is 1.66 bits per heavy atom. The molecule has 1 aromatic heterocycles. The first-order chi connectivity index (χ1) is 21.5. The first kappa shape index (κ1) is 29.3. The minimum Gasteiger partial charge on any atom is -0.484 e. The maximum absolute atomic E-state index is 14.0. The Morgan fingerprint density at radius 3 is 2.34 bits per heavy atom. The van der Waals surface area contributed by atoms with Crippen LogP contribution in [-0.2, 0) is 19.1 Å². The summed E-state index contributed by atoms with van der Waals surface area (Å²) in [6, 6.07) is 25.4.